The second kappa shape index (κ2) is 18.2. The molecule has 0 N–H and O–H groups in total. The molecule has 65 heavy (non-hydrogen) atoms. The molecule has 0 fully saturated rings. The summed E-state index contributed by atoms with van der Waals surface area (Å²) >= 11 is 0. The Kier molecular flexibility index (Phi) is 12.0. The molecule has 0 radical (unpaired) electrons. The van der Waals surface area contributed by atoms with Gasteiger partial charge in [-0.25, -0.2) is 9.97 Å². The Bertz CT molecular complexity index is 2750. The molecule has 9 heterocycles. The van der Waals surface area contributed by atoms with Crippen molar-refractivity contribution in [2.75, 3.05) is 26.4 Å². The molecule has 15 heteroatoms. The van der Waals surface area contributed by atoms with Crippen LogP contribution in [0.3, 0.4) is 0 Å². The van der Waals surface area contributed by atoms with Crippen molar-refractivity contribution in [3.8, 4) is 23.0 Å². The minimum atomic E-state index is -0.288. The van der Waals surface area contributed by atoms with Crippen molar-refractivity contribution >= 4 is 66.7 Å². The van der Waals surface area contributed by atoms with Gasteiger partial charge in [-0.1, -0.05) is 89.8 Å². The van der Waals surface area contributed by atoms with Crippen LogP contribution in [0.1, 0.15) is 126 Å². The van der Waals surface area contributed by atoms with Gasteiger partial charge in [0.15, 0.2) is 0 Å². The minimum Gasteiger partial charge on any atom is -0.492 e. The van der Waals surface area contributed by atoms with Crippen molar-refractivity contribution in [2.24, 2.45) is 0 Å². The zero-order valence-corrected chi connectivity index (χ0v) is 37.9. The van der Waals surface area contributed by atoms with E-state index < -0.39 is 0 Å². The topological polar surface area (TPSA) is 161 Å². The molecule has 0 saturated heterocycles. The van der Waals surface area contributed by atoms with E-state index in [0.29, 0.717) is 116 Å². The van der Waals surface area contributed by atoms with E-state index >= 15 is 0 Å². The summed E-state index contributed by atoms with van der Waals surface area (Å²) < 4.78 is 40.0. The van der Waals surface area contributed by atoms with Gasteiger partial charge in [-0.15, -0.1) is 0 Å². The van der Waals surface area contributed by atoms with Gasteiger partial charge in [-0.3, -0.25) is 0 Å². The van der Waals surface area contributed by atoms with E-state index in [9.17, 15) is 0 Å². The fraction of sp³-hybridized carbons (Fsp3) is 0.400. The van der Waals surface area contributed by atoms with Gasteiger partial charge in [0, 0.05) is 66.4 Å². The maximum Gasteiger partial charge on any atom is 2.00 e. The third-order valence-corrected chi connectivity index (χ3v) is 12.2. The van der Waals surface area contributed by atoms with Crippen LogP contribution in [0.2, 0.25) is 0 Å². The molecule has 4 aliphatic heterocycles. The van der Waals surface area contributed by atoms with E-state index in [2.05, 4.69) is 52.0 Å². The van der Waals surface area contributed by atoms with E-state index in [0.717, 1.165) is 73.6 Å². The molecule has 336 valence electrons. The van der Waals surface area contributed by atoms with Crippen LogP contribution in [0.25, 0.3) is 66.7 Å². The number of aromatic nitrogens is 8. The van der Waals surface area contributed by atoms with Gasteiger partial charge in [-0.05, 0) is 49.9 Å². The van der Waals surface area contributed by atoms with Gasteiger partial charge >= 0.3 is 16.5 Å². The van der Waals surface area contributed by atoms with Gasteiger partial charge in [0.05, 0.1) is 49.0 Å². The number of fused-ring (bicyclic) bond motifs is 24. The zero-order valence-electron chi connectivity index (χ0n) is 36.9. The minimum absolute atomic E-state index is 0. The Morgan fingerprint density at radius 2 is 0.677 bits per heavy atom. The SMILES string of the molecule is CCCCOc1c2c(c(OCCCC)c3c4nc5cccc(n5)nc5[n-]c(nc6cccc(n6)nc([n-]4)c13)c1c(OCCCC)c3c(c(OCCCC)c51)[C@@H]1C=C[C@H]3O1)[C@H]1C=C[C@@H]2O1.[Ni+2]. The number of rotatable bonds is 16. The largest absolute Gasteiger partial charge is 2.00 e. The molecule has 0 saturated carbocycles. The van der Waals surface area contributed by atoms with Gasteiger partial charge in [-0.2, -0.15) is 0 Å². The van der Waals surface area contributed by atoms with Crippen LogP contribution in [-0.4, -0.2) is 56.3 Å². The van der Waals surface area contributed by atoms with Crippen LogP contribution in [-0.2, 0) is 26.0 Å². The number of benzene rings is 2. The van der Waals surface area contributed by atoms with Gasteiger partial charge in [0.25, 0.3) is 0 Å². The molecule has 5 aromatic heterocycles. The van der Waals surface area contributed by atoms with Crippen LogP contribution in [0.4, 0.5) is 0 Å². The zero-order chi connectivity index (χ0) is 43.3. The Morgan fingerprint density at radius 1 is 0.415 bits per heavy atom. The van der Waals surface area contributed by atoms with E-state index in [1.807, 2.05) is 36.4 Å². The number of hydrogen-bond donors (Lipinski definition) is 0. The molecular formula is C50H50N8NiO6. The molecule has 12 bridgehead atoms. The molecule has 0 amide bonds. The first kappa shape index (κ1) is 43.0. The first-order chi connectivity index (χ1) is 31.6. The molecule has 7 aromatic rings. The third kappa shape index (κ3) is 7.51. The first-order valence-corrected chi connectivity index (χ1v) is 23.0. The van der Waals surface area contributed by atoms with Crippen LogP contribution < -0.4 is 28.9 Å². The van der Waals surface area contributed by atoms with Crippen molar-refractivity contribution in [1.82, 2.24) is 39.9 Å². The molecule has 0 aliphatic carbocycles. The Hall–Kier alpha value is -5.89. The molecule has 14 nitrogen and oxygen atoms in total. The maximum absolute atomic E-state index is 6.75. The van der Waals surface area contributed by atoms with Crippen LogP contribution in [0.15, 0.2) is 60.7 Å². The second-order valence-corrected chi connectivity index (χ2v) is 16.7. The van der Waals surface area contributed by atoms with Gasteiger partial charge in [0.2, 0.25) is 0 Å². The molecular weight excluding hydrogens is 867 g/mol. The molecule has 0 spiro atoms. The molecule has 0 unspecified atom stereocenters. The van der Waals surface area contributed by atoms with E-state index in [4.69, 9.17) is 68.3 Å². The van der Waals surface area contributed by atoms with Crippen LogP contribution >= 0.6 is 0 Å². The summed E-state index contributed by atoms with van der Waals surface area (Å²) in [4.78, 5) is 41.0. The predicted molar refractivity (Wildman–Crippen MR) is 244 cm³/mol. The smallest absolute Gasteiger partial charge is 0.492 e. The Balaban J connectivity index is 0.00000498. The number of ether oxygens (including phenoxy) is 6. The Morgan fingerprint density at radius 3 is 0.923 bits per heavy atom. The van der Waals surface area contributed by atoms with Crippen molar-refractivity contribution < 1.29 is 44.9 Å². The predicted octanol–water partition coefficient (Wildman–Crippen LogP) is 10.7. The Labute approximate surface area is 385 Å². The quantitative estimate of drug-likeness (QED) is 0.0511. The van der Waals surface area contributed by atoms with Crippen LogP contribution in [0.5, 0.6) is 23.0 Å². The van der Waals surface area contributed by atoms with E-state index in [1.54, 1.807) is 0 Å². The van der Waals surface area contributed by atoms with Crippen LogP contribution in [0, 0.1) is 0 Å². The van der Waals surface area contributed by atoms with Crippen molar-refractivity contribution in [3.05, 3.63) is 83.0 Å². The summed E-state index contributed by atoms with van der Waals surface area (Å²) in [7, 11) is 0. The molecule has 4 atom stereocenters. The van der Waals surface area contributed by atoms with E-state index in [1.165, 1.54) is 0 Å². The summed E-state index contributed by atoms with van der Waals surface area (Å²) in [5, 5.41) is 2.76. The van der Waals surface area contributed by atoms with Gasteiger partial charge in [0.1, 0.15) is 47.4 Å². The summed E-state index contributed by atoms with van der Waals surface area (Å²) in [5.41, 5.74) is 6.93. The second-order valence-electron chi connectivity index (χ2n) is 16.7. The van der Waals surface area contributed by atoms with Crippen molar-refractivity contribution in [1.29, 1.82) is 0 Å². The van der Waals surface area contributed by atoms with Gasteiger partial charge < -0.3 is 58.3 Å². The number of pyridine rings is 2. The van der Waals surface area contributed by atoms with Crippen molar-refractivity contribution in [2.45, 2.75) is 103 Å². The maximum atomic E-state index is 6.75. The normalized spacial score (nSPS) is 18.5. The summed E-state index contributed by atoms with van der Waals surface area (Å²) in [5.74, 6) is 2.70. The molecule has 11 rings (SSSR count). The summed E-state index contributed by atoms with van der Waals surface area (Å²) in [6.45, 7) is 10.6. The monoisotopic (exact) mass is 916 g/mol. The summed E-state index contributed by atoms with van der Waals surface area (Å²) in [6.07, 6.45) is 14.6. The fourth-order valence-electron chi connectivity index (χ4n) is 9.15. The van der Waals surface area contributed by atoms with E-state index in [-0.39, 0.29) is 40.9 Å². The molecule has 4 aliphatic rings. The fourth-order valence-corrected chi connectivity index (χ4v) is 9.15. The average Bonchev–Trinajstić information content (AvgIpc) is 4.18. The number of unbranched alkanes of at least 4 members (excludes halogenated alkanes) is 4. The standard InChI is InChI=1S/C50H50N8O6.Ni/c1-5-9-23-59-43-35-27-19-20-28(63-27)36(35)44(60-24-10-6-2)40-39(43)47-53-31-15-13-17-33(51-31)55-49-41-42(50(58-49)56-34-18-14-16-32(52-34)54-48(40)57-47)46(62-26-12-8-4)38-30-22-21-29(64-30)37(38)45(41)61-25-11-7-3;/h13-22,27-30H,5-12,23-26H2,1-4H3;/q-2;+2/t27-,28+,29+,30-;. The average molecular weight is 918 g/mol. The molecule has 2 aromatic carbocycles. The third-order valence-electron chi connectivity index (χ3n) is 12.2. The first-order valence-electron chi connectivity index (χ1n) is 23.0. The van der Waals surface area contributed by atoms with Crippen molar-refractivity contribution in [3.63, 3.8) is 0 Å². The summed E-state index contributed by atoms with van der Waals surface area (Å²) in [6, 6.07) is 11.1. The number of nitrogens with zero attached hydrogens (tertiary/aromatic N) is 8. The number of hydrogen-bond acceptors (Lipinski definition) is 12.